The zero-order valence-electron chi connectivity index (χ0n) is 18.4. The van der Waals surface area contributed by atoms with Gasteiger partial charge < -0.3 is 18.8 Å². The number of hydrogen-bond acceptors (Lipinski definition) is 5. The van der Waals surface area contributed by atoms with Crippen LogP contribution >= 0.6 is 11.6 Å². The summed E-state index contributed by atoms with van der Waals surface area (Å²) in [4.78, 5) is 14.4. The number of morpholine rings is 1. The van der Waals surface area contributed by atoms with Gasteiger partial charge >= 0.3 is 13.2 Å². The summed E-state index contributed by atoms with van der Waals surface area (Å²) in [7, 11) is -0.490. The first-order valence-electron chi connectivity index (χ1n) is 10.0. The quantitative estimate of drug-likeness (QED) is 0.674. The Hall–Kier alpha value is -1.28. The van der Waals surface area contributed by atoms with Crippen molar-refractivity contribution in [2.45, 2.75) is 71.3 Å². The van der Waals surface area contributed by atoms with Crippen molar-refractivity contribution in [1.29, 1.82) is 0 Å². The molecule has 0 N–H and O–H groups in total. The van der Waals surface area contributed by atoms with Gasteiger partial charge in [0.25, 0.3) is 0 Å². The molecular weight excluding hydrogens is 392 g/mol. The van der Waals surface area contributed by atoms with Crippen LogP contribution in [-0.4, -0.2) is 54.7 Å². The normalized spacial score (nSPS) is 23.9. The van der Waals surface area contributed by atoms with Crippen LogP contribution in [0.2, 0.25) is 5.02 Å². The van der Waals surface area contributed by atoms with Crippen LogP contribution < -0.4 is 5.46 Å². The van der Waals surface area contributed by atoms with Gasteiger partial charge in [0.15, 0.2) is 0 Å². The maximum absolute atomic E-state index is 12.7. The van der Waals surface area contributed by atoms with Crippen molar-refractivity contribution >= 4 is 30.3 Å². The van der Waals surface area contributed by atoms with Gasteiger partial charge in [0.05, 0.1) is 30.5 Å². The largest absolute Gasteiger partial charge is 0.494 e. The Morgan fingerprint density at radius 1 is 1.21 bits per heavy atom. The zero-order valence-corrected chi connectivity index (χ0v) is 19.1. The van der Waals surface area contributed by atoms with E-state index in [-0.39, 0.29) is 12.1 Å². The van der Waals surface area contributed by atoms with E-state index in [2.05, 4.69) is 0 Å². The number of halogens is 1. The highest BCUT2D eigenvalue weighted by atomic mass is 35.5. The Labute approximate surface area is 178 Å². The molecule has 0 spiro atoms. The van der Waals surface area contributed by atoms with Crippen molar-refractivity contribution < 1.29 is 23.6 Å². The van der Waals surface area contributed by atoms with E-state index in [1.54, 1.807) is 4.90 Å². The average Bonchev–Trinajstić information content (AvgIpc) is 2.81. The van der Waals surface area contributed by atoms with Gasteiger partial charge in [-0.2, -0.15) is 0 Å². The van der Waals surface area contributed by atoms with Gasteiger partial charge in [0.1, 0.15) is 5.60 Å². The third-order valence-electron chi connectivity index (χ3n) is 5.67. The van der Waals surface area contributed by atoms with Crippen LogP contribution in [0.4, 0.5) is 4.79 Å². The molecule has 8 heteroatoms. The Morgan fingerprint density at radius 3 is 2.38 bits per heavy atom. The monoisotopic (exact) mass is 423 g/mol. The van der Waals surface area contributed by atoms with Gasteiger partial charge in [-0.3, -0.25) is 4.90 Å². The molecule has 29 heavy (non-hydrogen) atoms. The first-order chi connectivity index (χ1) is 13.3. The molecule has 1 atom stereocenters. The molecule has 1 amide bonds. The molecule has 0 bridgehead atoms. The van der Waals surface area contributed by atoms with Gasteiger partial charge in [-0.05, 0) is 65.6 Å². The Kier molecular flexibility index (Phi) is 6.00. The first kappa shape index (κ1) is 22.4. The van der Waals surface area contributed by atoms with E-state index in [0.717, 1.165) is 11.0 Å². The second-order valence-corrected chi connectivity index (χ2v) is 10.0. The van der Waals surface area contributed by atoms with E-state index in [0.29, 0.717) is 24.8 Å². The summed E-state index contributed by atoms with van der Waals surface area (Å²) in [5, 5.41) is 0.543. The number of nitrogens with zero attached hydrogens (tertiary/aromatic N) is 1. The van der Waals surface area contributed by atoms with Crippen LogP contribution in [0.25, 0.3) is 0 Å². The second kappa shape index (κ2) is 7.76. The van der Waals surface area contributed by atoms with Crippen LogP contribution in [0.15, 0.2) is 18.2 Å². The number of amides is 1. The summed E-state index contributed by atoms with van der Waals surface area (Å²) in [5.41, 5.74) is 0.251. The number of rotatable bonds is 2. The summed E-state index contributed by atoms with van der Waals surface area (Å²) in [5.74, 6) is 0. The molecule has 2 heterocycles. The fourth-order valence-electron chi connectivity index (χ4n) is 3.34. The highest BCUT2D eigenvalue weighted by Crippen LogP contribution is 2.37. The molecule has 2 saturated heterocycles. The van der Waals surface area contributed by atoms with Crippen molar-refractivity contribution in [2.75, 3.05) is 19.8 Å². The third-order valence-corrected chi connectivity index (χ3v) is 5.99. The van der Waals surface area contributed by atoms with E-state index in [1.165, 1.54) is 0 Å². The van der Waals surface area contributed by atoms with Gasteiger partial charge in [-0.25, -0.2) is 4.79 Å². The number of benzene rings is 1. The molecule has 2 fully saturated rings. The predicted octanol–water partition coefficient (Wildman–Crippen LogP) is 3.95. The van der Waals surface area contributed by atoms with Gasteiger partial charge in [-0.15, -0.1) is 0 Å². The minimum Gasteiger partial charge on any atom is -0.444 e. The van der Waals surface area contributed by atoms with Crippen molar-refractivity contribution in [3.63, 3.8) is 0 Å². The maximum Gasteiger partial charge on any atom is 0.494 e. The summed E-state index contributed by atoms with van der Waals surface area (Å²) in [6, 6.07) is 5.39. The fourth-order valence-corrected chi connectivity index (χ4v) is 3.65. The molecule has 0 radical (unpaired) electrons. The average molecular weight is 424 g/mol. The molecule has 6 nitrogen and oxygen atoms in total. The molecular formula is C21H31BClNO5. The van der Waals surface area contributed by atoms with E-state index in [1.807, 2.05) is 66.7 Å². The first-order valence-corrected chi connectivity index (χ1v) is 10.4. The second-order valence-electron chi connectivity index (χ2n) is 9.63. The number of carbonyl (C=O) groups is 1. The maximum atomic E-state index is 12.7. The van der Waals surface area contributed by atoms with E-state index < -0.39 is 23.9 Å². The van der Waals surface area contributed by atoms with E-state index in [9.17, 15) is 4.79 Å². The Balaban J connectivity index is 1.83. The lowest BCUT2D eigenvalue weighted by molar-refractivity contribution is -0.0330. The molecule has 3 rings (SSSR count). The zero-order chi connectivity index (χ0) is 21.6. The van der Waals surface area contributed by atoms with Crippen molar-refractivity contribution in [3.05, 3.63) is 28.8 Å². The highest BCUT2D eigenvalue weighted by molar-refractivity contribution is 6.62. The van der Waals surface area contributed by atoms with Gasteiger partial charge in [0, 0.05) is 11.6 Å². The summed E-state index contributed by atoms with van der Waals surface area (Å²) < 4.78 is 23.4. The lowest BCUT2D eigenvalue weighted by atomic mass is 9.78. The molecule has 0 aliphatic carbocycles. The van der Waals surface area contributed by atoms with E-state index in [4.69, 9.17) is 30.4 Å². The van der Waals surface area contributed by atoms with Gasteiger partial charge in [0.2, 0.25) is 0 Å². The van der Waals surface area contributed by atoms with Crippen LogP contribution in [0.5, 0.6) is 0 Å². The molecule has 160 valence electrons. The van der Waals surface area contributed by atoms with Crippen LogP contribution in [0.3, 0.4) is 0 Å². The number of hydrogen-bond donors (Lipinski definition) is 0. The number of ether oxygens (including phenoxy) is 2. The summed E-state index contributed by atoms with van der Waals surface area (Å²) >= 11 is 6.64. The molecule has 1 aromatic carbocycles. The predicted molar refractivity (Wildman–Crippen MR) is 114 cm³/mol. The van der Waals surface area contributed by atoms with Crippen LogP contribution in [0, 0.1) is 0 Å². The topological polar surface area (TPSA) is 57.2 Å². The van der Waals surface area contributed by atoms with Gasteiger partial charge in [-0.1, -0.05) is 23.7 Å². The Morgan fingerprint density at radius 2 is 1.83 bits per heavy atom. The summed E-state index contributed by atoms with van der Waals surface area (Å²) in [6.07, 6.45) is -0.364. The van der Waals surface area contributed by atoms with E-state index >= 15 is 0 Å². The molecule has 0 aromatic heterocycles. The minimum absolute atomic E-state index is 0.307. The molecule has 1 unspecified atom stereocenters. The van der Waals surface area contributed by atoms with Crippen LogP contribution in [-0.2, 0) is 18.8 Å². The van der Waals surface area contributed by atoms with Crippen LogP contribution in [0.1, 0.15) is 60.1 Å². The highest BCUT2D eigenvalue weighted by Gasteiger charge is 2.51. The standard InChI is InChI=1S/C21H31BClNO5/c1-19(2,3)27-18(25)24-10-11-26-13-17(24)15-9-8-14(12-16(15)23)22-28-20(4,5)21(6,7)29-22/h8-9,12,17H,10-11,13H2,1-7H3. The molecule has 0 saturated carbocycles. The lowest BCUT2D eigenvalue weighted by Crippen LogP contribution is -2.46. The van der Waals surface area contributed by atoms with Crippen molar-refractivity contribution in [3.8, 4) is 0 Å². The minimum atomic E-state index is -0.565. The molecule has 2 aliphatic heterocycles. The molecule has 1 aromatic rings. The van der Waals surface area contributed by atoms with Crippen molar-refractivity contribution in [1.82, 2.24) is 4.90 Å². The molecule has 2 aliphatic rings. The fraction of sp³-hybridized carbons (Fsp3) is 0.667. The smallest absolute Gasteiger partial charge is 0.444 e. The summed E-state index contributed by atoms with van der Waals surface area (Å²) in [6.45, 7) is 14.9. The lowest BCUT2D eigenvalue weighted by Gasteiger charge is -2.37. The van der Waals surface area contributed by atoms with Crippen molar-refractivity contribution in [2.24, 2.45) is 0 Å². The number of carbonyl (C=O) groups excluding carboxylic acids is 1. The third kappa shape index (κ3) is 4.74. The Bertz CT molecular complexity index is 761. The SMILES string of the molecule is CC(C)(C)OC(=O)N1CCOCC1c1ccc(B2OC(C)(C)C(C)(C)O2)cc1Cl.